The van der Waals surface area contributed by atoms with Crippen LogP contribution in [0.25, 0.3) is 17.0 Å². The predicted octanol–water partition coefficient (Wildman–Crippen LogP) is 3.24. The minimum absolute atomic E-state index is 0.189. The first-order chi connectivity index (χ1) is 8.68. The highest BCUT2D eigenvalue weighted by Crippen LogP contribution is 2.30. The molecule has 0 saturated carbocycles. The van der Waals surface area contributed by atoms with Gasteiger partial charge in [0.05, 0.1) is 10.6 Å². The molecule has 0 bridgehead atoms. The topological polar surface area (TPSA) is 43.1 Å². The molecule has 18 heavy (non-hydrogen) atoms. The van der Waals surface area contributed by atoms with Crippen molar-refractivity contribution in [3.8, 4) is 11.4 Å². The van der Waals surface area contributed by atoms with E-state index in [2.05, 4.69) is 15.2 Å². The van der Waals surface area contributed by atoms with E-state index in [1.165, 1.54) is 18.3 Å². The van der Waals surface area contributed by atoms with E-state index in [0.29, 0.717) is 5.65 Å². The van der Waals surface area contributed by atoms with Gasteiger partial charge in [-0.15, -0.1) is 10.2 Å². The van der Waals surface area contributed by atoms with Gasteiger partial charge in [-0.3, -0.25) is 4.40 Å². The molecule has 0 spiro atoms. The monoisotopic (exact) mass is 282 g/mol. The number of benzene rings is 1. The third-order valence-corrected chi connectivity index (χ3v) is 3.05. The zero-order valence-corrected chi connectivity index (χ0v) is 10.3. The fourth-order valence-corrected chi connectivity index (χ4v) is 2.11. The number of rotatable bonds is 1. The Morgan fingerprint density at radius 2 is 2.00 bits per heavy atom. The van der Waals surface area contributed by atoms with Gasteiger partial charge in [-0.05, 0) is 12.1 Å². The summed E-state index contributed by atoms with van der Waals surface area (Å²) in [6.07, 6.45) is 3.08. The highest BCUT2D eigenvalue weighted by molar-refractivity contribution is 6.33. The second kappa shape index (κ2) is 4.19. The van der Waals surface area contributed by atoms with Crippen molar-refractivity contribution in [1.82, 2.24) is 19.6 Å². The van der Waals surface area contributed by atoms with Gasteiger partial charge < -0.3 is 0 Å². The molecule has 7 heteroatoms. The number of nitrogens with zero attached hydrogens (tertiary/aromatic N) is 4. The molecule has 0 aliphatic rings. The number of halogens is 3. The average molecular weight is 283 g/mol. The largest absolute Gasteiger partial charge is 0.278 e. The number of hydrogen-bond donors (Lipinski definition) is 0. The van der Waals surface area contributed by atoms with Gasteiger partial charge in [0.1, 0.15) is 5.82 Å². The lowest BCUT2D eigenvalue weighted by atomic mass is 10.2. The average Bonchev–Trinajstić information content (AvgIpc) is 2.75. The molecule has 3 aromatic rings. The van der Waals surface area contributed by atoms with Crippen molar-refractivity contribution in [3.63, 3.8) is 0 Å². The molecule has 0 radical (unpaired) electrons. The van der Waals surface area contributed by atoms with Gasteiger partial charge in [-0.1, -0.05) is 29.3 Å². The lowest BCUT2D eigenvalue weighted by Gasteiger charge is -2.03. The summed E-state index contributed by atoms with van der Waals surface area (Å²) in [5, 5.41) is 8.24. The lowest BCUT2D eigenvalue weighted by molar-refractivity contribution is 0.629. The van der Waals surface area contributed by atoms with E-state index in [1.54, 1.807) is 16.7 Å². The molecule has 4 nitrogen and oxygen atoms in total. The van der Waals surface area contributed by atoms with Gasteiger partial charge in [0.15, 0.2) is 16.6 Å². The van der Waals surface area contributed by atoms with E-state index >= 15 is 0 Å². The van der Waals surface area contributed by atoms with E-state index < -0.39 is 5.82 Å². The van der Waals surface area contributed by atoms with E-state index in [1.807, 2.05) is 0 Å². The van der Waals surface area contributed by atoms with Gasteiger partial charge in [0.25, 0.3) is 0 Å². The standard InChI is InChI=1S/C11H5Cl2FN4/c12-6-2-1-3-7(14)8(6)10-16-17-11-9(13)15-4-5-18(10)11/h1-5H. The van der Waals surface area contributed by atoms with Gasteiger partial charge in [-0.25, -0.2) is 9.37 Å². The summed E-state index contributed by atoms with van der Waals surface area (Å²) in [5.41, 5.74) is 0.544. The summed E-state index contributed by atoms with van der Waals surface area (Å²) >= 11 is 11.9. The van der Waals surface area contributed by atoms with Crippen LogP contribution in [0.4, 0.5) is 4.39 Å². The van der Waals surface area contributed by atoms with Crippen LogP contribution in [-0.2, 0) is 0 Å². The van der Waals surface area contributed by atoms with E-state index in [-0.39, 0.29) is 21.6 Å². The molecule has 0 aliphatic heterocycles. The van der Waals surface area contributed by atoms with Crippen molar-refractivity contribution < 1.29 is 4.39 Å². The summed E-state index contributed by atoms with van der Waals surface area (Å²) in [5.74, 6) is -0.179. The minimum atomic E-state index is -0.468. The van der Waals surface area contributed by atoms with Crippen LogP contribution in [0.3, 0.4) is 0 Å². The van der Waals surface area contributed by atoms with Crippen LogP contribution in [0.1, 0.15) is 0 Å². The second-order valence-electron chi connectivity index (χ2n) is 3.53. The Hall–Kier alpha value is -1.72. The Morgan fingerprint density at radius 1 is 1.17 bits per heavy atom. The summed E-state index contributed by atoms with van der Waals surface area (Å²) in [4.78, 5) is 3.87. The SMILES string of the molecule is Fc1cccc(Cl)c1-c1nnc2c(Cl)nccn12. The first-order valence-electron chi connectivity index (χ1n) is 4.98. The molecule has 0 unspecified atom stereocenters. The number of hydrogen-bond acceptors (Lipinski definition) is 3. The third-order valence-electron chi connectivity index (χ3n) is 2.47. The van der Waals surface area contributed by atoms with E-state index in [9.17, 15) is 4.39 Å². The Morgan fingerprint density at radius 3 is 2.78 bits per heavy atom. The van der Waals surface area contributed by atoms with Gasteiger partial charge in [0, 0.05) is 12.4 Å². The van der Waals surface area contributed by atoms with Crippen molar-refractivity contribution in [2.75, 3.05) is 0 Å². The molecule has 2 heterocycles. The van der Waals surface area contributed by atoms with E-state index in [4.69, 9.17) is 23.2 Å². The summed E-state index contributed by atoms with van der Waals surface area (Å²) < 4.78 is 15.4. The van der Waals surface area contributed by atoms with E-state index in [0.717, 1.165) is 0 Å². The zero-order valence-electron chi connectivity index (χ0n) is 8.81. The Bertz CT molecular complexity index is 721. The molecule has 0 amide bonds. The van der Waals surface area contributed by atoms with Crippen molar-refractivity contribution in [1.29, 1.82) is 0 Å². The maximum absolute atomic E-state index is 13.8. The van der Waals surface area contributed by atoms with Gasteiger partial charge >= 0.3 is 0 Å². The normalized spacial score (nSPS) is 11.1. The number of fused-ring (bicyclic) bond motifs is 1. The van der Waals surface area contributed by atoms with Crippen molar-refractivity contribution in [2.45, 2.75) is 0 Å². The Kier molecular flexibility index (Phi) is 2.65. The van der Waals surface area contributed by atoms with Crippen LogP contribution in [0.2, 0.25) is 10.2 Å². The van der Waals surface area contributed by atoms with Crippen LogP contribution in [0.5, 0.6) is 0 Å². The van der Waals surface area contributed by atoms with Crippen LogP contribution in [0, 0.1) is 5.82 Å². The van der Waals surface area contributed by atoms with Crippen molar-refractivity contribution >= 4 is 28.8 Å². The predicted molar refractivity (Wildman–Crippen MR) is 66.2 cm³/mol. The van der Waals surface area contributed by atoms with Gasteiger partial charge in [0.2, 0.25) is 0 Å². The molecule has 0 N–H and O–H groups in total. The molecular formula is C11H5Cl2FN4. The molecule has 3 rings (SSSR count). The molecular weight excluding hydrogens is 278 g/mol. The van der Waals surface area contributed by atoms with Crippen molar-refractivity contribution in [2.24, 2.45) is 0 Å². The fraction of sp³-hybridized carbons (Fsp3) is 0. The molecule has 0 saturated heterocycles. The quantitative estimate of drug-likeness (QED) is 0.688. The van der Waals surface area contributed by atoms with Crippen LogP contribution in [-0.4, -0.2) is 19.6 Å². The zero-order chi connectivity index (χ0) is 12.7. The minimum Gasteiger partial charge on any atom is -0.278 e. The lowest BCUT2D eigenvalue weighted by Crippen LogP contribution is -1.94. The van der Waals surface area contributed by atoms with Crippen LogP contribution >= 0.6 is 23.2 Å². The maximum atomic E-state index is 13.8. The Balaban J connectivity index is 2.36. The molecule has 0 atom stereocenters. The smallest absolute Gasteiger partial charge is 0.198 e. The van der Waals surface area contributed by atoms with Crippen molar-refractivity contribution in [3.05, 3.63) is 46.6 Å². The molecule has 0 fully saturated rings. The maximum Gasteiger partial charge on any atom is 0.198 e. The molecule has 90 valence electrons. The summed E-state index contributed by atoms with van der Waals surface area (Å²) in [6, 6.07) is 4.42. The first kappa shape index (κ1) is 11.4. The third kappa shape index (κ3) is 1.63. The second-order valence-corrected chi connectivity index (χ2v) is 4.30. The highest BCUT2D eigenvalue weighted by atomic mass is 35.5. The summed E-state index contributed by atoms with van der Waals surface area (Å²) in [7, 11) is 0. The molecule has 1 aromatic carbocycles. The summed E-state index contributed by atoms with van der Waals surface area (Å²) in [6.45, 7) is 0. The van der Waals surface area contributed by atoms with Crippen LogP contribution in [0.15, 0.2) is 30.6 Å². The van der Waals surface area contributed by atoms with Gasteiger partial charge in [-0.2, -0.15) is 0 Å². The highest BCUT2D eigenvalue weighted by Gasteiger charge is 2.17. The first-order valence-corrected chi connectivity index (χ1v) is 5.73. The van der Waals surface area contributed by atoms with Crippen LogP contribution < -0.4 is 0 Å². The Labute approximate surface area is 111 Å². The fourth-order valence-electron chi connectivity index (χ4n) is 1.68. The molecule has 0 aliphatic carbocycles. The number of aromatic nitrogens is 4. The molecule has 2 aromatic heterocycles.